The topological polar surface area (TPSA) is 41.6 Å². The number of hydrogen-bond acceptors (Lipinski definition) is 2. The number of aromatic amines is 1. The molecule has 0 fully saturated rings. The van der Waals surface area contributed by atoms with Gasteiger partial charge in [-0.05, 0) is 41.8 Å². The minimum Gasteiger partial charge on any atom is -0.352 e. The molecule has 3 heterocycles. The Bertz CT molecular complexity index is 946. The van der Waals surface area contributed by atoms with E-state index in [1.807, 2.05) is 48.5 Å². The normalized spacial score (nSPS) is 11.0. The molecule has 0 unspecified atom stereocenters. The maximum absolute atomic E-state index is 6.20. The standard InChI is InChI=1S/C19H14ClN3/c20-18-11-14(10-13-6-2-1-3-7-13)19-17(22-18)12-16(23-19)15-8-4-5-9-21-15/h1-9,11-12,23H,10H2. The van der Waals surface area contributed by atoms with Crippen molar-refractivity contribution in [2.45, 2.75) is 6.42 Å². The molecule has 4 rings (SSSR count). The van der Waals surface area contributed by atoms with Crippen molar-refractivity contribution in [3.8, 4) is 11.4 Å². The quantitative estimate of drug-likeness (QED) is 0.547. The minimum atomic E-state index is 0.509. The Labute approximate surface area is 139 Å². The number of hydrogen-bond donors (Lipinski definition) is 1. The van der Waals surface area contributed by atoms with Gasteiger partial charge in [-0.15, -0.1) is 0 Å². The number of aromatic nitrogens is 3. The minimum absolute atomic E-state index is 0.509. The van der Waals surface area contributed by atoms with E-state index < -0.39 is 0 Å². The van der Waals surface area contributed by atoms with Crippen LogP contribution >= 0.6 is 11.6 Å². The van der Waals surface area contributed by atoms with Crippen LogP contribution < -0.4 is 0 Å². The molecule has 0 atom stereocenters. The first kappa shape index (κ1) is 14.0. The first-order valence-electron chi connectivity index (χ1n) is 7.43. The van der Waals surface area contributed by atoms with Crippen molar-refractivity contribution in [3.63, 3.8) is 0 Å². The Morgan fingerprint density at radius 3 is 2.57 bits per heavy atom. The molecule has 1 N–H and O–H groups in total. The van der Waals surface area contributed by atoms with Crippen LogP contribution in [0.2, 0.25) is 5.15 Å². The van der Waals surface area contributed by atoms with Crippen LogP contribution in [0, 0.1) is 0 Å². The molecule has 3 aromatic heterocycles. The number of halogens is 1. The largest absolute Gasteiger partial charge is 0.352 e. The molecule has 0 saturated heterocycles. The number of rotatable bonds is 3. The lowest BCUT2D eigenvalue weighted by Gasteiger charge is -2.04. The molecule has 0 aliphatic rings. The van der Waals surface area contributed by atoms with Gasteiger partial charge < -0.3 is 4.98 Å². The van der Waals surface area contributed by atoms with E-state index in [4.69, 9.17) is 11.6 Å². The molecule has 4 heteroatoms. The third-order valence-electron chi connectivity index (χ3n) is 3.82. The summed E-state index contributed by atoms with van der Waals surface area (Å²) in [6, 6.07) is 20.1. The van der Waals surface area contributed by atoms with E-state index in [1.165, 1.54) is 5.56 Å². The van der Waals surface area contributed by atoms with Crippen molar-refractivity contribution in [2.24, 2.45) is 0 Å². The second-order valence-corrected chi connectivity index (χ2v) is 5.81. The van der Waals surface area contributed by atoms with E-state index in [-0.39, 0.29) is 0 Å². The molecule has 0 aliphatic heterocycles. The summed E-state index contributed by atoms with van der Waals surface area (Å²) in [7, 11) is 0. The highest BCUT2D eigenvalue weighted by molar-refractivity contribution is 6.29. The van der Waals surface area contributed by atoms with Crippen LogP contribution in [-0.4, -0.2) is 15.0 Å². The van der Waals surface area contributed by atoms with Crippen molar-refractivity contribution in [2.75, 3.05) is 0 Å². The summed E-state index contributed by atoms with van der Waals surface area (Å²) in [4.78, 5) is 12.3. The molecule has 0 saturated carbocycles. The number of H-pyrrole nitrogens is 1. The summed E-state index contributed by atoms with van der Waals surface area (Å²) in [6.07, 6.45) is 2.59. The Morgan fingerprint density at radius 1 is 0.957 bits per heavy atom. The smallest absolute Gasteiger partial charge is 0.130 e. The average molecular weight is 320 g/mol. The zero-order valence-electron chi connectivity index (χ0n) is 12.3. The van der Waals surface area contributed by atoms with Gasteiger partial charge in [-0.25, -0.2) is 4.98 Å². The lowest BCUT2D eigenvalue weighted by molar-refractivity contribution is 1.18. The third kappa shape index (κ3) is 2.83. The number of nitrogens with one attached hydrogen (secondary N) is 1. The first-order valence-corrected chi connectivity index (χ1v) is 7.81. The van der Waals surface area contributed by atoms with Crippen LogP contribution in [0.4, 0.5) is 0 Å². The summed E-state index contributed by atoms with van der Waals surface area (Å²) in [5, 5.41) is 0.509. The maximum Gasteiger partial charge on any atom is 0.130 e. The van der Waals surface area contributed by atoms with Crippen LogP contribution in [0.1, 0.15) is 11.1 Å². The fraction of sp³-hybridized carbons (Fsp3) is 0.0526. The molecule has 0 spiro atoms. The van der Waals surface area contributed by atoms with Gasteiger partial charge in [0.25, 0.3) is 0 Å². The summed E-state index contributed by atoms with van der Waals surface area (Å²) in [5.41, 5.74) is 6.10. The van der Waals surface area contributed by atoms with E-state index in [2.05, 4.69) is 27.1 Å². The van der Waals surface area contributed by atoms with Crippen molar-refractivity contribution in [1.29, 1.82) is 0 Å². The first-order chi connectivity index (χ1) is 11.3. The SMILES string of the molecule is Clc1cc(Cc2ccccc2)c2[nH]c(-c3ccccn3)cc2n1. The number of fused-ring (bicyclic) bond motifs is 1. The van der Waals surface area contributed by atoms with Gasteiger partial charge in [0.2, 0.25) is 0 Å². The van der Waals surface area contributed by atoms with Gasteiger partial charge in [-0.1, -0.05) is 48.0 Å². The van der Waals surface area contributed by atoms with Gasteiger partial charge in [0.1, 0.15) is 5.15 Å². The molecule has 112 valence electrons. The van der Waals surface area contributed by atoms with E-state index in [0.717, 1.165) is 34.4 Å². The van der Waals surface area contributed by atoms with Crippen molar-refractivity contribution in [3.05, 3.63) is 83.1 Å². The van der Waals surface area contributed by atoms with Gasteiger partial charge in [-0.3, -0.25) is 4.98 Å². The maximum atomic E-state index is 6.20. The molecule has 0 aliphatic carbocycles. The van der Waals surface area contributed by atoms with E-state index in [1.54, 1.807) is 6.20 Å². The summed E-state index contributed by atoms with van der Waals surface area (Å²) >= 11 is 6.20. The second kappa shape index (κ2) is 5.86. The molecule has 3 nitrogen and oxygen atoms in total. The predicted molar refractivity (Wildman–Crippen MR) is 93.6 cm³/mol. The number of benzene rings is 1. The van der Waals surface area contributed by atoms with Crippen LogP contribution in [0.15, 0.2) is 66.9 Å². The van der Waals surface area contributed by atoms with Crippen LogP contribution in [0.3, 0.4) is 0 Å². The van der Waals surface area contributed by atoms with E-state index in [0.29, 0.717) is 5.15 Å². The molecular formula is C19H14ClN3. The summed E-state index contributed by atoms with van der Waals surface area (Å²) < 4.78 is 0. The van der Waals surface area contributed by atoms with Gasteiger partial charge in [-0.2, -0.15) is 0 Å². The van der Waals surface area contributed by atoms with Crippen molar-refractivity contribution >= 4 is 22.6 Å². The van der Waals surface area contributed by atoms with Gasteiger partial charge >= 0.3 is 0 Å². The van der Waals surface area contributed by atoms with Crippen LogP contribution in [0.25, 0.3) is 22.4 Å². The predicted octanol–water partition coefficient (Wildman–Crippen LogP) is 4.87. The third-order valence-corrected chi connectivity index (χ3v) is 4.01. The van der Waals surface area contributed by atoms with Crippen molar-refractivity contribution < 1.29 is 0 Å². The second-order valence-electron chi connectivity index (χ2n) is 5.42. The van der Waals surface area contributed by atoms with Crippen LogP contribution in [-0.2, 0) is 6.42 Å². The lowest BCUT2D eigenvalue weighted by atomic mass is 10.1. The van der Waals surface area contributed by atoms with Crippen molar-refractivity contribution in [1.82, 2.24) is 15.0 Å². The van der Waals surface area contributed by atoms with Crippen LogP contribution in [0.5, 0.6) is 0 Å². The molecule has 0 amide bonds. The zero-order chi connectivity index (χ0) is 15.6. The van der Waals surface area contributed by atoms with Gasteiger partial charge in [0.05, 0.1) is 22.4 Å². The highest BCUT2D eigenvalue weighted by Crippen LogP contribution is 2.27. The Balaban J connectivity index is 1.83. The highest BCUT2D eigenvalue weighted by Gasteiger charge is 2.11. The highest BCUT2D eigenvalue weighted by atomic mass is 35.5. The Kier molecular flexibility index (Phi) is 3.56. The van der Waals surface area contributed by atoms with E-state index >= 15 is 0 Å². The zero-order valence-corrected chi connectivity index (χ0v) is 13.1. The molecule has 0 bridgehead atoms. The Hall–Kier alpha value is -2.65. The lowest BCUT2D eigenvalue weighted by Crippen LogP contribution is -1.91. The molecule has 0 radical (unpaired) electrons. The Morgan fingerprint density at radius 2 is 1.78 bits per heavy atom. The fourth-order valence-electron chi connectivity index (χ4n) is 2.76. The van der Waals surface area contributed by atoms with E-state index in [9.17, 15) is 0 Å². The molecule has 4 aromatic rings. The average Bonchev–Trinajstić information content (AvgIpc) is 3.01. The molecule has 23 heavy (non-hydrogen) atoms. The summed E-state index contributed by atoms with van der Waals surface area (Å²) in [6.45, 7) is 0. The monoisotopic (exact) mass is 319 g/mol. The number of pyridine rings is 2. The number of nitrogens with zero attached hydrogens (tertiary/aromatic N) is 2. The molecule has 1 aromatic carbocycles. The summed E-state index contributed by atoms with van der Waals surface area (Å²) in [5.74, 6) is 0. The molecular weight excluding hydrogens is 306 g/mol. The van der Waals surface area contributed by atoms with Gasteiger partial charge in [0, 0.05) is 6.20 Å². The van der Waals surface area contributed by atoms with Gasteiger partial charge in [0.15, 0.2) is 0 Å². The fourth-order valence-corrected chi connectivity index (χ4v) is 2.98.